The van der Waals surface area contributed by atoms with Crippen molar-refractivity contribution in [3.63, 3.8) is 0 Å². The first kappa shape index (κ1) is 28.4. The molecule has 2 heterocycles. The first-order valence-corrected chi connectivity index (χ1v) is 14.1. The number of halogens is 2. The van der Waals surface area contributed by atoms with Gasteiger partial charge in [-0.25, -0.2) is 18.6 Å². The molecule has 0 amide bonds. The van der Waals surface area contributed by atoms with Gasteiger partial charge in [0.05, 0.1) is 12.3 Å². The maximum Gasteiger partial charge on any atom is 0.348 e. The molecule has 9 heteroatoms. The fourth-order valence-corrected chi connectivity index (χ4v) is 5.49. The molecule has 1 aliphatic heterocycles. The zero-order valence-corrected chi connectivity index (χ0v) is 23.4. The molecule has 1 aromatic heterocycles. The number of thioether (sulfide) groups is 1. The number of allylic oxidation sites excluding steroid dienone is 1. The number of rotatable bonds is 11. The third kappa shape index (κ3) is 6.79. The summed E-state index contributed by atoms with van der Waals surface area (Å²) in [5.41, 5.74) is 2.02. The van der Waals surface area contributed by atoms with E-state index in [1.807, 2.05) is 30.8 Å². The number of aliphatic carboxylic acids is 1. The molecule has 1 aliphatic rings. The predicted molar refractivity (Wildman–Crippen MR) is 153 cm³/mol. The van der Waals surface area contributed by atoms with E-state index in [1.54, 1.807) is 24.3 Å². The number of benzene rings is 3. The molecule has 0 spiro atoms. The van der Waals surface area contributed by atoms with E-state index in [0.717, 1.165) is 35.6 Å². The van der Waals surface area contributed by atoms with Crippen molar-refractivity contribution in [2.45, 2.75) is 44.0 Å². The summed E-state index contributed by atoms with van der Waals surface area (Å²) in [5.74, 6) is -1.51. The Morgan fingerprint density at radius 2 is 1.80 bits per heavy atom. The van der Waals surface area contributed by atoms with E-state index in [2.05, 4.69) is 28.6 Å². The van der Waals surface area contributed by atoms with Crippen molar-refractivity contribution in [2.75, 3.05) is 6.61 Å². The zero-order chi connectivity index (χ0) is 29.0. The van der Waals surface area contributed by atoms with Gasteiger partial charge in [-0.3, -0.25) is 0 Å². The molecule has 2 unspecified atom stereocenters. The van der Waals surface area contributed by atoms with Gasteiger partial charge in [0.15, 0.2) is 11.6 Å². The van der Waals surface area contributed by atoms with Crippen LogP contribution in [-0.4, -0.2) is 28.3 Å². The molecule has 0 saturated carbocycles. The topological polar surface area (TPSA) is 81.8 Å². The molecule has 212 valence electrons. The van der Waals surface area contributed by atoms with Gasteiger partial charge in [0.25, 0.3) is 0 Å². The van der Waals surface area contributed by atoms with Gasteiger partial charge in [0.2, 0.25) is 11.5 Å². The summed E-state index contributed by atoms with van der Waals surface area (Å²) in [4.78, 5) is 16.7. The zero-order valence-electron chi connectivity index (χ0n) is 22.6. The second-order valence-electron chi connectivity index (χ2n) is 10.0. The summed E-state index contributed by atoms with van der Waals surface area (Å²) in [7, 11) is 0. The lowest BCUT2D eigenvalue weighted by Gasteiger charge is -2.26. The SMILES string of the molecule is Cc1oc(-c2ccc(C3CC=CS3)cc2)nc1CCOc1ccc(CC(C)(Oc2ccc(F)c(F)c2)C(=O)O)cc1. The van der Waals surface area contributed by atoms with Crippen LogP contribution in [0, 0.1) is 18.6 Å². The summed E-state index contributed by atoms with van der Waals surface area (Å²) in [6.07, 6.45) is 3.79. The van der Waals surface area contributed by atoms with Crippen LogP contribution in [0.3, 0.4) is 0 Å². The first-order chi connectivity index (χ1) is 19.7. The van der Waals surface area contributed by atoms with Crippen LogP contribution >= 0.6 is 11.8 Å². The van der Waals surface area contributed by atoms with Gasteiger partial charge in [-0.05, 0) is 73.2 Å². The standard InChI is InChI=1S/C32H29F2NO5S/c1-20-28(35-30(39-20)23-9-7-22(8-10-23)29-4-3-17-41-29)15-16-38-24-11-5-21(6-12-24)19-32(2,31(36)37)40-25-13-14-26(33)27(34)18-25/h3,5-14,17-18,29H,4,15-16,19H2,1-2H3,(H,36,37). The van der Waals surface area contributed by atoms with Gasteiger partial charge in [-0.15, -0.1) is 11.8 Å². The average molecular weight is 578 g/mol. The van der Waals surface area contributed by atoms with Crippen LogP contribution in [0.2, 0.25) is 0 Å². The number of oxazole rings is 1. The molecular weight excluding hydrogens is 548 g/mol. The summed E-state index contributed by atoms with van der Waals surface area (Å²) >= 11 is 1.83. The highest BCUT2D eigenvalue weighted by Crippen LogP contribution is 2.38. The monoisotopic (exact) mass is 577 g/mol. The minimum absolute atomic E-state index is 0.000117. The van der Waals surface area contributed by atoms with E-state index < -0.39 is 23.2 Å². The largest absolute Gasteiger partial charge is 0.493 e. The van der Waals surface area contributed by atoms with Gasteiger partial charge in [0, 0.05) is 29.7 Å². The van der Waals surface area contributed by atoms with E-state index in [1.165, 1.54) is 18.6 Å². The molecule has 5 rings (SSSR count). The minimum atomic E-state index is -1.69. The van der Waals surface area contributed by atoms with Gasteiger partial charge in [-0.2, -0.15) is 0 Å². The third-order valence-corrected chi connectivity index (χ3v) is 8.01. The molecule has 0 fully saturated rings. The number of carboxylic acid groups (broad SMARTS) is 1. The van der Waals surface area contributed by atoms with Crippen molar-refractivity contribution >= 4 is 17.7 Å². The highest BCUT2D eigenvalue weighted by atomic mass is 32.2. The molecule has 3 aromatic carbocycles. The smallest absolute Gasteiger partial charge is 0.348 e. The fraction of sp³-hybridized carbons (Fsp3) is 0.250. The molecule has 0 aliphatic carbocycles. The Morgan fingerprint density at radius 1 is 1.07 bits per heavy atom. The van der Waals surface area contributed by atoms with Crippen molar-refractivity contribution in [3.05, 3.63) is 112 Å². The number of nitrogens with zero attached hydrogens (tertiary/aromatic N) is 1. The molecule has 6 nitrogen and oxygen atoms in total. The van der Waals surface area contributed by atoms with Crippen LogP contribution in [-0.2, 0) is 17.6 Å². The second kappa shape index (κ2) is 12.2. The lowest BCUT2D eigenvalue weighted by Crippen LogP contribution is -2.43. The first-order valence-electron chi connectivity index (χ1n) is 13.2. The maximum absolute atomic E-state index is 13.6. The van der Waals surface area contributed by atoms with Crippen molar-refractivity contribution in [1.29, 1.82) is 0 Å². The molecule has 1 N–H and O–H groups in total. The Balaban J connectivity index is 1.16. The van der Waals surface area contributed by atoms with Crippen molar-refractivity contribution in [2.24, 2.45) is 0 Å². The summed E-state index contributed by atoms with van der Waals surface area (Å²) < 4.78 is 44.2. The number of carboxylic acids is 1. The lowest BCUT2D eigenvalue weighted by molar-refractivity contribution is -0.153. The van der Waals surface area contributed by atoms with E-state index >= 15 is 0 Å². The summed E-state index contributed by atoms with van der Waals surface area (Å²) in [5, 5.41) is 12.4. The van der Waals surface area contributed by atoms with E-state index in [-0.39, 0.29) is 12.2 Å². The number of hydrogen-bond donors (Lipinski definition) is 1. The summed E-state index contributed by atoms with van der Waals surface area (Å²) in [6, 6.07) is 18.2. The summed E-state index contributed by atoms with van der Waals surface area (Å²) in [6.45, 7) is 3.65. The number of aryl methyl sites for hydroxylation is 1. The Morgan fingerprint density at radius 3 is 2.46 bits per heavy atom. The number of carbonyl (C=O) groups is 1. The molecule has 2 atom stereocenters. The highest BCUT2D eigenvalue weighted by Gasteiger charge is 2.36. The second-order valence-corrected chi connectivity index (χ2v) is 11.1. The Bertz CT molecular complexity index is 1540. The van der Waals surface area contributed by atoms with E-state index in [9.17, 15) is 18.7 Å². The highest BCUT2D eigenvalue weighted by molar-refractivity contribution is 8.02. The molecule has 0 bridgehead atoms. The average Bonchev–Trinajstić information content (AvgIpc) is 3.62. The normalized spacial score (nSPS) is 16.0. The van der Waals surface area contributed by atoms with Gasteiger partial charge < -0.3 is 19.0 Å². The van der Waals surface area contributed by atoms with Crippen molar-refractivity contribution < 1.29 is 32.6 Å². The number of hydrogen-bond acceptors (Lipinski definition) is 6. The maximum atomic E-state index is 13.6. The minimum Gasteiger partial charge on any atom is -0.493 e. The lowest BCUT2D eigenvalue weighted by atomic mass is 9.96. The molecular formula is C32H29F2NO5S. The van der Waals surface area contributed by atoms with Crippen LogP contribution in [0.25, 0.3) is 11.5 Å². The van der Waals surface area contributed by atoms with Gasteiger partial charge in [-0.1, -0.05) is 30.3 Å². The van der Waals surface area contributed by atoms with Gasteiger partial charge >= 0.3 is 5.97 Å². The third-order valence-electron chi connectivity index (χ3n) is 6.87. The van der Waals surface area contributed by atoms with Crippen LogP contribution in [0.15, 0.2) is 82.6 Å². The molecule has 0 radical (unpaired) electrons. The van der Waals surface area contributed by atoms with Crippen LogP contribution in [0.1, 0.15) is 41.2 Å². The van der Waals surface area contributed by atoms with Crippen LogP contribution < -0.4 is 9.47 Å². The molecule has 0 saturated heterocycles. The molecule has 4 aromatic rings. The Hall–Kier alpha value is -4.11. The van der Waals surface area contributed by atoms with Crippen LogP contribution in [0.5, 0.6) is 11.5 Å². The van der Waals surface area contributed by atoms with Gasteiger partial charge in [0.1, 0.15) is 17.3 Å². The number of ether oxygens (including phenoxy) is 2. The van der Waals surface area contributed by atoms with Crippen LogP contribution in [0.4, 0.5) is 8.78 Å². The van der Waals surface area contributed by atoms with Crippen molar-refractivity contribution in [1.82, 2.24) is 4.98 Å². The van der Waals surface area contributed by atoms with Crippen molar-refractivity contribution in [3.8, 4) is 23.0 Å². The predicted octanol–water partition coefficient (Wildman–Crippen LogP) is 7.71. The Kier molecular flexibility index (Phi) is 8.44. The Labute approximate surface area is 241 Å². The molecule has 41 heavy (non-hydrogen) atoms. The van der Waals surface area contributed by atoms with E-state index in [4.69, 9.17) is 13.9 Å². The fourth-order valence-electron chi connectivity index (χ4n) is 4.54. The number of aromatic nitrogens is 1. The van der Waals surface area contributed by atoms with E-state index in [0.29, 0.717) is 35.5 Å². The quantitative estimate of drug-likeness (QED) is 0.196.